The van der Waals surface area contributed by atoms with Crippen LogP contribution in [0.3, 0.4) is 0 Å². The molecular weight excluding hydrogens is 427 g/mol. The standard InChI is InChI=1S/C11H14FN5O9P2/c12-4-6(19)7(3(18)1-27(20,21)22)26-10(4)17-2-14-5-8(13)15-11(16-9(5)17)28(23,24)25/h2,4,6-7,10,19-22H,1H2,(H3-,13,15,16,23,24,25)/p+1/t4-,6+,7-,10-/m1/s1. The minimum Gasteiger partial charge on any atom is -0.387 e. The lowest BCUT2D eigenvalue weighted by Crippen LogP contribution is -2.36. The second-order valence-corrected chi connectivity index (χ2v) is 9.17. The Balaban J connectivity index is 1.99. The topological polar surface area (TPSA) is 234 Å². The van der Waals surface area contributed by atoms with Crippen LogP contribution in [0, 0.1) is 0 Å². The third-order valence-corrected chi connectivity index (χ3v) is 5.31. The van der Waals surface area contributed by atoms with E-state index in [1.807, 2.05) is 0 Å². The van der Waals surface area contributed by atoms with Crippen molar-refractivity contribution in [2.75, 3.05) is 11.9 Å². The van der Waals surface area contributed by atoms with Crippen LogP contribution in [0.25, 0.3) is 11.2 Å². The molecule has 17 heteroatoms. The zero-order valence-corrected chi connectivity index (χ0v) is 15.4. The highest BCUT2D eigenvalue weighted by molar-refractivity contribution is 7.59. The number of nitrogens with two attached hydrogens (primary N) is 1. The lowest BCUT2D eigenvalue weighted by molar-refractivity contribution is -0.133. The van der Waals surface area contributed by atoms with Crippen molar-refractivity contribution < 1.29 is 48.1 Å². The molecule has 0 spiro atoms. The van der Waals surface area contributed by atoms with Gasteiger partial charge >= 0.3 is 15.5 Å². The number of ether oxygens (including phenoxy) is 1. The van der Waals surface area contributed by atoms with Gasteiger partial charge in [-0.1, -0.05) is 0 Å². The monoisotopic (exact) mass is 442 g/mol. The molecule has 3 rings (SSSR count). The summed E-state index contributed by atoms with van der Waals surface area (Å²) in [6.45, 7) is 0. The molecule has 0 aromatic carbocycles. The molecule has 8 N–H and O–H groups in total. The van der Waals surface area contributed by atoms with E-state index < -0.39 is 63.5 Å². The van der Waals surface area contributed by atoms with Crippen LogP contribution < -0.4 is 11.3 Å². The highest BCUT2D eigenvalue weighted by atomic mass is 31.2. The van der Waals surface area contributed by atoms with Gasteiger partial charge in [0.15, 0.2) is 30.0 Å². The fourth-order valence-electron chi connectivity index (χ4n) is 2.67. The van der Waals surface area contributed by atoms with Gasteiger partial charge in [0.2, 0.25) is 17.5 Å². The number of nitrogen functional groups attached to an aromatic ring is 1. The Kier molecular flexibility index (Phi) is 5.25. The molecule has 2 aromatic heterocycles. The zero-order valence-electron chi connectivity index (χ0n) is 13.6. The number of Topliss-reactive ketones (excluding diaryl/α,β-unsaturated/α-hetero) is 1. The summed E-state index contributed by atoms with van der Waals surface area (Å²) in [6, 6.07) is 0. The molecule has 0 unspecified atom stereocenters. The molecule has 0 amide bonds. The highest BCUT2D eigenvalue weighted by Crippen LogP contribution is 2.45. The molecule has 1 aliphatic heterocycles. The number of aliphatic hydroxyl groups excluding tert-OH is 1. The highest BCUT2D eigenvalue weighted by Gasteiger charge is 2.51. The number of alkyl halides is 1. The minimum atomic E-state index is -4.92. The molecule has 154 valence electrons. The van der Waals surface area contributed by atoms with Gasteiger partial charge in [0, 0.05) is 0 Å². The first-order valence-corrected chi connectivity index (χ1v) is 10.9. The number of aliphatic hydroxyl groups is 1. The maximum absolute atomic E-state index is 14.6. The van der Waals surface area contributed by atoms with E-state index in [4.69, 9.17) is 25.2 Å². The fraction of sp³-hybridized carbons (Fsp3) is 0.455. The zero-order chi connectivity index (χ0) is 21.0. The summed E-state index contributed by atoms with van der Waals surface area (Å²) in [5, 5.41) is 9.94. The molecule has 28 heavy (non-hydrogen) atoms. The van der Waals surface area contributed by atoms with Crippen molar-refractivity contribution in [1.82, 2.24) is 19.5 Å². The molecule has 0 bridgehead atoms. The van der Waals surface area contributed by atoms with Gasteiger partial charge in [-0.2, -0.15) is 14.7 Å². The molecule has 1 fully saturated rings. The molecule has 2 aromatic rings. The number of carbonyl (C=O) groups is 1. The van der Waals surface area contributed by atoms with Crippen molar-refractivity contribution in [2.45, 2.75) is 24.6 Å². The third-order valence-electron chi connectivity index (χ3n) is 3.85. The van der Waals surface area contributed by atoms with Gasteiger partial charge in [-0.15, -0.1) is 0 Å². The second-order valence-electron chi connectivity index (χ2n) is 5.98. The Morgan fingerprint density at radius 1 is 1.36 bits per heavy atom. The number of hydrogen-bond donors (Lipinski definition) is 7. The summed E-state index contributed by atoms with van der Waals surface area (Å²) < 4.78 is 32.0. The SMILES string of the molecule is Nc1nc(P(=O)(O)O)nc2c1ncn2[C@@H]1O[C@H](C(=O)C[P+](O)(O)O)[C@@H](O)[C@H]1F. The van der Waals surface area contributed by atoms with Crippen LogP contribution in [0.2, 0.25) is 0 Å². The molecule has 0 saturated carbocycles. The normalized spacial score (nSPS) is 26.1. The number of fused-ring (bicyclic) bond motifs is 1. The quantitative estimate of drug-likeness (QED) is 0.231. The summed E-state index contributed by atoms with van der Waals surface area (Å²) in [5.74, 6) is -1.56. The minimum absolute atomic E-state index is 0.136. The van der Waals surface area contributed by atoms with Gasteiger partial charge in [-0.25, -0.2) is 19.3 Å². The number of halogens is 1. The Morgan fingerprint density at radius 3 is 2.57 bits per heavy atom. The van der Waals surface area contributed by atoms with E-state index in [2.05, 4.69) is 15.0 Å². The molecule has 0 aliphatic carbocycles. The van der Waals surface area contributed by atoms with Crippen LogP contribution in [0.5, 0.6) is 0 Å². The number of anilines is 1. The van der Waals surface area contributed by atoms with Crippen LogP contribution in [0.4, 0.5) is 10.2 Å². The van der Waals surface area contributed by atoms with E-state index in [-0.39, 0.29) is 11.2 Å². The molecule has 0 radical (unpaired) electrons. The average Bonchev–Trinajstić information content (AvgIpc) is 3.08. The second kappa shape index (κ2) is 6.99. The molecule has 1 aliphatic rings. The summed E-state index contributed by atoms with van der Waals surface area (Å²) in [6.07, 6.45) is -8.01. The van der Waals surface area contributed by atoms with E-state index in [1.165, 1.54) is 0 Å². The Morgan fingerprint density at radius 2 is 2.00 bits per heavy atom. The number of ketones is 1. The van der Waals surface area contributed by atoms with E-state index in [9.17, 15) is 28.6 Å². The number of imidazole rings is 1. The molecule has 14 nitrogen and oxygen atoms in total. The number of carbonyl (C=O) groups excluding carboxylic acids is 1. The van der Waals surface area contributed by atoms with Crippen molar-refractivity contribution >= 4 is 43.9 Å². The van der Waals surface area contributed by atoms with Gasteiger partial charge in [0.05, 0.1) is 6.33 Å². The summed E-state index contributed by atoms with van der Waals surface area (Å²) in [7, 11) is -9.44. The lowest BCUT2D eigenvalue weighted by Gasteiger charge is -2.15. The summed E-state index contributed by atoms with van der Waals surface area (Å²) in [5.41, 5.74) is 4.17. The average molecular weight is 442 g/mol. The van der Waals surface area contributed by atoms with Crippen molar-refractivity contribution in [3.63, 3.8) is 0 Å². The number of nitrogens with zero attached hydrogens (tertiary/aromatic N) is 4. The van der Waals surface area contributed by atoms with E-state index >= 15 is 0 Å². The predicted molar refractivity (Wildman–Crippen MR) is 89.7 cm³/mol. The first kappa shape index (κ1) is 21.0. The number of rotatable bonds is 5. The third kappa shape index (κ3) is 3.89. The lowest BCUT2D eigenvalue weighted by atomic mass is 10.1. The van der Waals surface area contributed by atoms with Crippen LogP contribution in [-0.4, -0.2) is 79.4 Å². The van der Waals surface area contributed by atoms with Crippen molar-refractivity contribution in [2.24, 2.45) is 0 Å². The summed E-state index contributed by atoms with van der Waals surface area (Å²) in [4.78, 5) is 68.2. The van der Waals surface area contributed by atoms with E-state index in [0.29, 0.717) is 0 Å². The molecule has 4 atom stereocenters. The van der Waals surface area contributed by atoms with Crippen molar-refractivity contribution in [1.29, 1.82) is 0 Å². The van der Waals surface area contributed by atoms with E-state index in [1.54, 1.807) is 0 Å². The van der Waals surface area contributed by atoms with Crippen LogP contribution in [0.15, 0.2) is 6.33 Å². The summed E-state index contributed by atoms with van der Waals surface area (Å²) >= 11 is 0. The largest absolute Gasteiger partial charge is 0.411 e. The van der Waals surface area contributed by atoms with Crippen LogP contribution in [0.1, 0.15) is 6.23 Å². The first-order chi connectivity index (χ1) is 12.8. The maximum Gasteiger partial charge on any atom is 0.411 e. The van der Waals surface area contributed by atoms with Gasteiger partial charge < -0.3 is 25.4 Å². The van der Waals surface area contributed by atoms with Crippen molar-refractivity contribution in [3.8, 4) is 0 Å². The molecular formula is C11H15FN5O9P2+. The Bertz CT molecular complexity index is 975. The number of hydrogen-bond acceptors (Lipinski definition) is 11. The Hall–Kier alpha value is -1.67. The van der Waals surface area contributed by atoms with Crippen LogP contribution >= 0.6 is 15.5 Å². The van der Waals surface area contributed by atoms with Gasteiger partial charge in [0.1, 0.15) is 11.6 Å². The van der Waals surface area contributed by atoms with Crippen molar-refractivity contribution in [3.05, 3.63) is 6.33 Å². The van der Waals surface area contributed by atoms with Gasteiger partial charge in [0.25, 0.3) is 0 Å². The maximum atomic E-state index is 14.6. The smallest absolute Gasteiger partial charge is 0.387 e. The number of aromatic nitrogens is 4. The van der Waals surface area contributed by atoms with Crippen LogP contribution in [-0.2, 0) is 14.1 Å². The first-order valence-electron chi connectivity index (χ1n) is 7.42. The molecule has 1 saturated heterocycles. The molecule has 3 heterocycles. The van der Waals surface area contributed by atoms with E-state index in [0.717, 1.165) is 10.9 Å². The predicted octanol–water partition coefficient (Wildman–Crippen LogP) is -2.88. The Labute approximate surface area is 155 Å². The van der Waals surface area contributed by atoms with Gasteiger partial charge in [-0.05, 0) is 0 Å². The fourth-order valence-corrected chi connectivity index (χ4v) is 3.73. The van der Waals surface area contributed by atoms with Gasteiger partial charge in [-0.3, -0.25) is 13.9 Å².